The number of para-hydroxylation sites is 1. The van der Waals surface area contributed by atoms with Gasteiger partial charge in [0.05, 0.1) is 17.3 Å². The predicted octanol–water partition coefficient (Wildman–Crippen LogP) is 5.10. The Morgan fingerprint density at radius 2 is 1.77 bits per heavy atom. The Bertz CT molecular complexity index is 1160. The summed E-state index contributed by atoms with van der Waals surface area (Å²) in [5, 5.41) is 9.06. The van der Waals surface area contributed by atoms with Crippen LogP contribution in [0.5, 0.6) is 0 Å². The summed E-state index contributed by atoms with van der Waals surface area (Å²) < 4.78 is 1.90. The Labute approximate surface area is 176 Å². The molecule has 3 heterocycles. The quantitative estimate of drug-likeness (QED) is 0.518. The standard InChI is InChI=1S/C24H26N6/c1-17-11-13-29(14-12-17)24-27-22(26-19-8-6-7-18(2)15-19)21-16-25-30(23(21)28-24)20-9-4-3-5-10-20/h3-10,15-17H,11-14H2,1-2H3,(H,26,27,28). The lowest BCUT2D eigenvalue weighted by atomic mass is 10.00. The van der Waals surface area contributed by atoms with Crippen LogP contribution >= 0.6 is 0 Å². The fourth-order valence-corrected chi connectivity index (χ4v) is 3.96. The van der Waals surface area contributed by atoms with Gasteiger partial charge >= 0.3 is 0 Å². The first kappa shape index (κ1) is 18.6. The van der Waals surface area contributed by atoms with Crippen LogP contribution in [0.2, 0.25) is 0 Å². The molecule has 6 heteroatoms. The molecule has 1 aliphatic heterocycles. The van der Waals surface area contributed by atoms with Crippen LogP contribution in [0.25, 0.3) is 16.7 Å². The van der Waals surface area contributed by atoms with E-state index in [4.69, 9.17) is 9.97 Å². The number of benzene rings is 2. The third kappa shape index (κ3) is 3.61. The van der Waals surface area contributed by atoms with E-state index in [9.17, 15) is 0 Å². The summed E-state index contributed by atoms with van der Waals surface area (Å²) in [4.78, 5) is 12.2. The molecule has 1 fully saturated rings. The van der Waals surface area contributed by atoms with Crippen molar-refractivity contribution >= 4 is 28.5 Å². The van der Waals surface area contributed by atoms with Gasteiger partial charge in [0.1, 0.15) is 5.82 Å². The van der Waals surface area contributed by atoms with E-state index >= 15 is 0 Å². The number of rotatable bonds is 4. The van der Waals surface area contributed by atoms with Gasteiger partial charge < -0.3 is 10.2 Å². The van der Waals surface area contributed by atoms with Crippen LogP contribution in [0.1, 0.15) is 25.3 Å². The summed E-state index contributed by atoms with van der Waals surface area (Å²) >= 11 is 0. The normalized spacial score (nSPS) is 14.9. The molecule has 1 N–H and O–H groups in total. The molecule has 0 amide bonds. The molecular weight excluding hydrogens is 372 g/mol. The van der Waals surface area contributed by atoms with Gasteiger partial charge in [-0.05, 0) is 55.5 Å². The summed E-state index contributed by atoms with van der Waals surface area (Å²) in [6.07, 6.45) is 4.18. The van der Waals surface area contributed by atoms with Crippen molar-refractivity contribution in [3.05, 3.63) is 66.4 Å². The first-order chi connectivity index (χ1) is 14.7. The van der Waals surface area contributed by atoms with Crippen molar-refractivity contribution in [2.75, 3.05) is 23.3 Å². The van der Waals surface area contributed by atoms with Crippen molar-refractivity contribution in [2.45, 2.75) is 26.7 Å². The SMILES string of the molecule is Cc1cccc(Nc2nc(N3CCC(C)CC3)nc3c2cnn3-c2ccccc2)c1. The van der Waals surface area contributed by atoms with Crippen LogP contribution < -0.4 is 10.2 Å². The van der Waals surface area contributed by atoms with Crippen LogP contribution in [-0.2, 0) is 0 Å². The van der Waals surface area contributed by atoms with Crippen LogP contribution in [0.3, 0.4) is 0 Å². The molecule has 30 heavy (non-hydrogen) atoms. The number of hydrogen-bond donors (Lipinski definition) is 1. The molecule has 0 aliphatic carbocycles. The number of anilines is 3. The Kier molecular flexibility index (Phi) is 4.83. The van der Waals surface area contributed by atoms with Gasteiger partial charge in [-0.1, -0.05) is 37.3 Å². The molecular formula is C24H26N6. The van der Waals surface area contributed by atoms with Gasteiger partial charge in [0, 0.05) is 18.8 Å². The maximum Gasteiger partial charge on any atom is 0.229 e. The molecule has 4 aromatic rings. The lowest BCUT2D eigenvalue weighted by Crippen LogP contribution is -2.34. The van der Waals surface area contributed by atoms with Gasteiger partial charge in [-0.2, -0.15) is 15.1 Å². The van der Waals surface area contributed by atoms with Gasteiger partial charge in [-0.3, -0.25) is 0 Å². The summed E-state index contributed by atoms with van der Waals surface area (Å²) in [6.45, 7) is 6.37. The Hall–Kier alpha value is -3.41. The monoisotopic (exact) mass is 398 g/mol. The molecule has 0 saturated carbocycles. The molecule has 5 rings (SSSR count). The van der Waals surface area contributed by atoms with Gasteiger partial charge in [0.15, 0.2) is 5.65 Å². The van der Waals surface area contributed by atoms with Crippen LogP contribution in [0.4, 0.5) is 17.5 Å². The fourth-order valence-electron chi connectivity index (χ4n) is 3.96. The van der Waals surface area contributed by atoms with E-state index in [2.05, 4.69) is 53.4 Å². The number of piperidine rings is 1. The minimum atomic E-state index is 0.754. The van der Waals surface area contributed by atoms with E-state index in [1.165, 1.54) is 18.4 Å². The summed E-state index contributed by atoms with van der Waals surface area (Å²) in [7, 11) is 0. The minimum Gasteiger partial charge on any atom is -0.341 e. The lowest BCUT2D eigenvalue weighted by Gasteiger charge is -2.30. The van der Waals surface area contributed by atoms with Crippen molar-refractivity contribution in [1.82, 2.24) is 19.7 Å². The van der Waals surface area contributed by atoms with Gasteiger partial charge in [-0.15, -0.1) is 0 Å². The lowest BCUT2D eigenvalue weighted by molar-refractivity contribution is 0.434. The van der Waals surface area contributed by atoms with Gasteiger partial charge in [-0.25, -0.2) is 4.68 Å². The molecule has 0 bridgehead atoms. The first-order valence-corrected chi connectivity index (χ1v) is 10.6. The van der Waals surface area contributed by atoms with E-state index in [1.54, 1.807) is 0 Å². The minimum absolute atomic E-state index is 0.754. The molecule has 1 saturated heterocycles. The summed E-state index contributed by atoms with van der Waals surface area (Å²) in [5.41, 5.74) is 4.03. The third-order valence-corrected chi connectivity index (χ3v) is 5.76. The zero-order valence-electron chi connectivity index (χ0n) is 17.4. The van der Waals surface area contributed by atoms with E-state index in [-0.39, 0.29) is 0 Å². The molecule has 2 aromatic heterocycles. The fraction of sp³-hybridized carbons (Fsp3) is 0.292. The second kappa shape index (κ2) is 7.78. The van der Waals surface area contributed by atoms with Crippen molar-refractivity contribution in [1.29, 1.82) is 0 Å². The maximum atomic E-state index is 4.96. The topological polar surface area (TPSA) is 58.9 Å². The zero-order chi connectivity index (χ0) is 20.5. The van der Waals surface area contributed by atoms with Crippen molar-refractivity contribution in [2.24, 2.45) is 5.92 Å². The average Bonchev–Trinajstić information content (AvgIpc) is 3.19. The average molecular weight is 399 g/mol. The zero-order valence-corrected chi connectivity index (χ0v) is 17.4. The van der Waals surface area contributed by atoms with E-state index in [0.29, 0.717) is 0 Å². The van der Waals surface area contributed by atoms with E-state index in [1.807, 2.05) is 41.2 Å². The molecule has 0 radical (unpaired) electrons. The Balaban J connectivity index is 1.62. The smallest absolute Gasteiger partial charge is 0.229 e. The highest BCUT2D eigenvalue weighted by Crippen LogP contribution is 2.29. The van der Waals surface area contributed by atoms with Crippen LogP contribution in [-0.4, -0.2) is 32.8 Å². The highest BCUT2D eigenvalue weighted by Gasteiger charge is 2.21. The number of aromatic nitrogens is 4. The molecule has 1 aliphatic rings. The predicted molar refractivity (Wildman–Crippen MR) is 122 cm³/mol. The van der Waals surface area contributed by atoms with Gasteiger partial charge in [0.25, 0.3) is 0 Å². The van der Waals surface area contributed by atoms with Crippen LogP contribution in [0, 0.1) is 12.8 Å². The summed E-state index contributed by atoms with van der Waals surface area (Å²) in [5.74, 6) is 2.31. The maximum absolute atomic E-state index is 4.96. The molecule has 0 atom stereocenters. The van der Waals surface area contributed by atoms with Crippen LogP contribution in [0.15, 0.2) is 60.8 Å². The molecule has 2 aromatic carbocycles. The number of hydrogen-bond acceptors (Lipinski definition) is 5. The molecule has 0 spiro atoms. The Morgan fingerprint density at radius 1 is 0.967 bits per heavy atom. The second-order valence-electron chi connectivity index (χ2n) is 8.17. The number of aryl methyl sites for hydroxylation is 1. The first-order valence-electron chi connectivity index (χ1n) is 10.6. The highest BCUT2D eigenvalue weighted by molar-refractivity contribution is 5.90. The summed E-state index contributed by atoms with van der Waals surface area (Å²) in [6, 6.07) is 18.5. The Morgan fingerprint density at radius 3 is 2.53 bits per heavy atom. The van der Waals surface area contributed by atoms with Gasteiger partial charge in [0.2, 0.25) is 5.95 Å². The number of fused-ring (bicyclic) bond motifs is 1. The van der Waals surface area contributed by atoms with Crippen molar-refractivity contribution in [3.63, 3.8) is 0 Å². The number of nitrogens with one attached hydrogen (secondary N) is 1. The van der Waals surface area contributed by atoms with Crippen molar-refractivity contribution in [3.8, 4) is 5.69 Å². The van der Waals surface area contributed by atoms with E-state index < -0.39 is 0 Å². The molecule has 152 valence electrons. The van der Waals surface area contributed by atoms with E-state index in [0.717, 1.165) is 53.2 Å². The molecule has 6 nitrogen and oxygen atoms in total. The van der Waals surface area contributed by atoms with Crippen molar-refractivity contribution < 1.29 is 0 Å². The number of nitrogens with zero attached hydrogens (tertiary/aromatic N) is 5. The molecule has 0 unspecified atom stereocenters. The second-order valence-corrected chi connectivity index (χ2v) is 8.17. The largest absolute Gasteiger partial charge is 0.341 e. The highest BCUT2D eigenvalue weighted by atomic mass is 15.3. The third-order valence-electron chi connectivity index (χ3n) is 5.76.